The van der Waals surface area contributed by atoms with E-state index in [2.05, 4.69) is 20.6 Å². The molecule has 1 aliphatic rings. The minimum absolute atomic E-state index is 0.0421. The monoisotopic (exact) mass is 519 g/mol. The SMILES string of the molecule is CC(C)OC(=O)N[C@@H]1CC[C@H](c2cnc(Nc3ccc(S(=O)(=O)NC(=O)OC(C)(C)C)cc3)cn2)C1. The minimum atomic E-state index is -4.07. The Balaban J connectivity index is 1.55. The Hall–Kier alpha value is -3.41. The number of alkyl carbamates (subject to hydrolysis) is 1. The lowest BCUT2D eigenvalue weighted by molar-refractivity contribution is 0.0570. The number of hydrogen-bond donors (Lipinski definition) is 3. The van der Waals surface area contributed by atoms with Gasteiger partial charge in [-0.2, -0.15) is 0 Å². The number of benzene rings is 1. The van der Waals surface area contributed by atoms with Crippen molar-refractivity contribution in [3.05, 3.63) is 42.4 Å². The highest BCUT2D eigenvalue weighted by Crippen LogP contribution is 2.33. The highest BCUT2D eigenvalue weighted by molar-refractivity contribution is 7.90. The van der Waals surface area contributed by atoms with E-state index in [0.29, 0.717) is 11.5 Å². The van der Waals surface area contributed by atoms with Gasteiger partial charge in [-0.3, -0.25) is 4.98 Å². The average Bonchev–Trinajstić information content (AvgIpc) is 3.20. The van der Waals surface area contributed by atoms with Crippen LogP contribution in [0.4, 0.5) is 21.1 Å². The number of carbonyl (C=O) groups is 2. The van der Waals surface area contributed by atoms with E-state index < -0.39 is 27.8 Å². The summed E-state index contributed by atoms with van der Waals surface area (Å²) in [5, 5.41) is 5.97. The Kier molecular flexibility index (Phi) is 8.39. The summed E-state index contributed by atoms with van der Waals surface area (Å²) in [4.78, 5) is 32.5. The van der Waals surface area contributed by atoms with Gasteiger partial charge in [0.15, 0.2) is 0 Å². The van der Waals surface area contributed by atoms with E-state index >= 15 is 0 Å². The summed E-state index contributed by atoms with van der Waals surface area (Å²) in [7, 11) is -4.07. The number of amides is 2. The second kappa shape index (κ2) is 11.1. The Labute approximate surface area is 211 Å². The zero-order chi connectivity index (χ0) is 26.5. The van der Waals surface area contributed by atoms with Crippen LogP contribution >= 0.6 is 0 Å². The van der Waals surface area contributed by atoms with Crippen LogP contribution in [-0.4, -0.2) is 48.3 Å². The summed E-state index contributed by atoms with van der Waals surface area (Å²) in [6.07, 6.45) is 4.20. The fourth-order valence-electron chi connectivity index (χ4n) is 3.74. The topological polar surface area (TPSA) is 149 Å². The fraction of sp³-hybridized carbons (Fsp3) is 0.500. The normalized spacial score (nSPS) is 17.9. The van der Waals surface area contributed by atoms with Gasteiger partial charge in [-0.1, -0.05) is 0 Å². The molecule has 196 valence electrons. The molecule has 2 aromatic rings. The van der Waals surface area contributed by atoms with Gasteiger partial charge in [-0.15, -0.1) is 0 Å². The van der Waals surface area contributed by atoms with Crippen molar-refractivity contribution < 1.29 is 27.5 Å². The standard InChI is InChI=1S/C24H33N5O6S/c1-15(2)34-22(30)28-18-7-6-16(12-18)20-13-26-21(14-25-20)27-17-8-10-19(11-9-17)36(32,33)29-23(31)35-24(3,4)5/h8-11,13-16,18H,6-7,12H2,1-5H3,(H,26,27)(H,28,30)(H,29,31)/t16-,18+/m0/s1. The summed E-state index contributed by atoms with van der Waals surface area (Å²) in [6.45, 7) is 8.54. The first-order valence-corrected chi connectivity index (χ1v) is 13.2. The van der Waals surface area contributed by atoms with Gasteiger partial charge in [0.1, 0.15) is 11.4 Å². The van der Waals surface area contributed by atoms with Gasteiger partial charge < -0.3 is 20.1 Å². The third kappa shape index (κ3) is 8.08. The van der Waals surface area contributed by atoms with Gasteiger partial charge in [-0.25, -0.2) is 27.7 Å². The highest BCUT2D eigenvalue weighted by atomic mass is 32.2. The molecule has 0 bridgehead atoms. The number of sulfonamides is 1. The maximum Gasteiger partial charge on any atom is 0.421 e. The second-order valence-corrected chi connectivity index (χ2v) is 11.6. The second-order valence-electron chi connectivity index (χ2n) is 9.89. The first kappa shape index (κ1) is 27.2. The number of aromatic nitrogens is 2. The lowest BCUT2D eigenvalue weighted by Crippen LogP contribution is -2.36. The molecule has 3 rings (SSSR count). The van der Waals surface area contributed by atoms with E-state index in [1.54, 1.807) is 45.3 Å². The van der Waals surface area contributed by atoms with Gasteiger partial charge >= 0.3 is 12.2 Å². The van der Waals surface area contributed by atoms with E-state index in [0.717, 1.165) is 25.0 Å². The van der Waals surface area contributed by atoms with Crippen molar-refractivity contribution in [2.24, 2.45) is 0 Å². The molecule has 0 spiro atoms. The molecule has 1 fully saturated rings. The molecule has 1 aromatic heterocycles. The van der Waals surface area contributed by atoms with E-state index in [1.807, 2.05) is 18.6 Å². The van der Waals surface area contributed by atoms with Crippen molar-refractivity contribution >= 4 is 33.7 Å². The number of rotatable bonds is 7. The molecule has 36 heavy (non-hydrogen) atoms. The predicted octanol–water partition coefficient (Wildman–Crippen LogP) is 4.20. The van der Waals surface area contributed by atoms with Crippen LogP contribution in [0.5, 0.6) is 0 Å². The van der Waals surface area contributed by atoms with E-state index in [9.17, 15) is 18.0 Å². The Bertz CT molecular complexity index is 1160. The zero-order valence-corrected chi connectivity index (χ0v) is 21.9. The highest BCUT2D eigenvalue weighted by Gasteiger charge is 2.29. The van der Waals surface area contributed by atoms with Crippen molar-refractivity contribution in [1.29, 1.82) is 0 Å². The van der Waals surface area contributed by atoms with Crippen LogP contribution in [0.2, 0.25) is 0 Å². The Morgan fingerprint density at radius 1 is 1.03 bits per heavy atom. The van der Waals surface area contributed by atoms with Crippen molar-refractivity contribution in [3.8, 4) is 0 Å². The van der Waals surface area contributed by atoms with Crippen molar-refractivity contribution in [2.75, 3.05) is 5.32 Å². The van der Waals surface area contributed by atoms with E-state index in [-0.39, 0.29) is 23.0 Å². The zero-order valence-electron chi connectivity index (χ0n) is 21.1. The molecule has 1 aromatic carbocycles. The molecule has 1 heterocycles. The molecule has 0 aliphatic heterocycles. The lowest BCUT2D eigenvalue weighted by Gasteiger charge is -2.19. The molecule has 1 saturated carbocycles. The number of ether oxygens (including phenoxy) is 2. The number of anilines is 2. The summed E-state index contributed by atoms with van der Waals surface area (Å²) in [5.41, 5.74) is 0.626. The van der Waals surface area contributed by atoms with Crippen LogP contribution < -0.4 is 15.4 Å². The van der Waals surface area contributed by atoms with Crippen LogP contribution in [0.15, 0.2) is 41.6 Å². The van der Waals surface area contributed by atoms with Gasteiger partial charge in [0.2, 0.25) is 0 Å². The molecular weight excluding hydrogens is 486 g/mol. The molecule has 12 heteroatoms. The average molecular weight is 520 g/mol. The maximum absolute atomic E-state index is 12.4. The molecule has 0 radical (unpaired) electrons. The fourth-order valence-corrected chi connectivity index (χ4v) is 4.62. The Morgan fingerprint density at radius 2 is 1.72 bits per heavy atom. The van der Waals surface area contributed by atoms with Crippen LogP contribution in [-0.2, 0) is 19.5 Å². The van der Waals surface area contributed by atoms with Crippen molar-refractivity contribution in [2.45, 2.75) is 82.4 Å². The first-order valence-electron chi connectivity index (χ1n) is 11.7. The van der Waals surface area contributed by atoms with Crippen LogP contribution in [0, 0.1) is 0 Å². The van der Waals surface area contributed by atoms with Crippen LogP contribution in [0.1, 0.15) is 65.5 Å². The van der Waals surface area contributed by atoms with E-state index in [4.69, 9.17) is 9.47 Å². The van der Waals surface area contributed by atoms with Crippen LogP contribution in [0.3, 0.4) is 0 Å². The van der Waals surface area contributed by atoms with Gasteiger partial charge in [-0.05, 0) is 78.1 Å². The van der Waals surface area contributed by atoms with E-state index in [1.165, 1.54) is 12.1 Å². The summed E-state index contributed by atoms with van der Waals surface area (Å²) in [6, 6.07) is 5.89. The van der Waals surface area contributed by atoms with Crippen molar-refractivity contribution in [1.82, 2.24) is 20.0 Å². The molecule has 0 unspecified atom stereocenters. The molecule has 0 saturated heterocycles. The summed E-state index contributed by atoms with van der Waals surface area (Å²) >= 11 is 0. The largest absolute Gasteiger partial charge is 0.447 e. The smallest absolute Gasteiger partial charge is 0.421 e. The lowest BCUT2D eigenvalue weighted by atomic mass is 10.0. The third-order valence-corrected chi connectivity index (χ3v) is 6.57. The Morgan fingerprint density at radius 3 is 2.31 bits per heavy atom. The third-order valence-electron chi connectivity index (χ3n) is 5.24. The minimum Gasteiger partial charge on any atom is -0.447 e. The first-order chi connectivity index (χ1) is 16.8. The molecule has 2 amide bonds. The molecule has 3 N–H and O–H groups in total. The molecular formula is C24H33N5O6S. The molecule has 11 nitrogen and oxygen atoms in total. The van der Waals surface area contributed by atoms with Gasteiger partial charge in [0.05, 0.1) is 29.1 Å². The number of carbonyl (C=O) groups excluding carboxylic acids is 2. The molecule has 1 aliphatic carbocycles. The molecule has 2 atom stereocenters. The number of nitrogens with one attached hydrogen (secondary N) is 3. The van der Waals surface area contributed by atoms with Crippen molar-refractivity contribution in [3.63, 3.8) is 0 Å². The summed E-state index contributed by atoms with van der Waals surface area (Å²) in [5.74, 6) is 0.687. The van der Waals surface area contributed by atoms with Gasteiger partial charge in [0, 0.05) is 17.6 Å². The summed E-state index contributed by atoms with van der Waals surface area (Å²) < 4.78 is 36.8. The number of nitrogens with zero attached hydrogens (tertiary/aromatic N) is 2. The van der Waals surface area contributed by atoms with Crippen LogP contribution in [0.25, 0.3) is 0 Å². The van der Waals surface area contributed by atoms with Gasteiger partial charge in [0.25, 0.3) is 10.0 Å². The quantitative estimate of drug-likeness (QED) is 0.489. The predicted molar refractivity (Wildman–Crippen MR) is 133 cm³/mol. The number of hydrogen-bond acceptors (Lipinski definition) is 9. The maximum atomic E-state index is 12.4.